The first kappa shape index (κ1) is 15.5. The minimum atomic E-state index is -0.110. The molecule has 1 aliphatic heterocycles. The van der Waals surface area contributed by atoms with Crippen molar-refractivity contribution in [2.45, 2.75) is 81.9 Å². The molecule has 1 saturated heterocycles. The average Bonchev–Trinajstić information content (AvgIpc) is 2.43. The Bertz CT molecular complexity index is 206. The SMILES string of the molecule is CCCCCC[C@H]1CCC[C@](C)(Br)[C@@H](OC)O1. The Morgan fingerprint density at radius 1 is 1.35 bits per heavy atom. The van der Waals surface area contributed by atoms with Crippen molar-refractivity contribution in [3.8, 4) is 0 Å². The molecule has 102 valence electrons. The van der Waals surface area contributed by atoms with Gasteiger partial charge in [0.1, 0.15) is 0 Å². The second-order valence-corrected chi connectivity index (χ2v) is 7.16. The summed E-state index contributed by atoms with van der Waals surface area (Å²) in [6, 6.07) is 0. The normalized spacial score (nSPS) is 34.6. The van der Waals surface area contributed by atoms with Crippen LogP contribution < -0.4 is 0 Å². The Labute approximate surface area is 115 Å². The topological polar surface area (TPSA) is 18.5 Å². The number of unbranched alkanes of at least 4 members (excludes halogenated alkanes) is 3. The molecule has 3 atom stereocenters. The highest BCUT2D eigenvalue weighted by Gasteiger charge is 2.36. The van der Waals surface area contributed by atoms with Gasteiger partial charge in [0, 0.05) is 7.11 Å². The van der Waals surface area contributed by atoms with Gasteiger partial charge in [-0.2, -0.15) is 0 Å². The van der Waals surface area contributed by atoms with Crippen LogP contribution in [0, 0.1) is 0 Å². The van der Waals surface area contributed by atoms with Crippen LogP contribution >= 0.6 is 15.9 Å². The van der Waals surface area contributed by atoms with Gasteiger partial charge in [-0.3, -0.25) is 0 Å². The first-order valence-electron chi connectivity index (χ1n) is 6.97. The monoisotopic (exact) mass is 306 g/mol. The fourth-order valence-electron chi connectivity index (χ4n) is 2.49. The Hall–Kier alpha value is 0.400. The number of ether oxygens (including phenoxy) is 2. The van der Waals surface area contributed by atoms with E-state index >= 15 is 0 Å². The largest absolute Gasteiger partial charge is 0.354 e. The molecule has 0 aromatic heterocycles. The molecule has 0 aromatic rings. The molecule has 0 saturated carbocycles. The summed E-state index contributed by atoms with van der Waals surface area (Å²) in [6.07, 6.45) is 10.2. The van der Waals surface area contributed by atoms with E-state index in [-0.39, 0.29) is 10.6 Å². The predicted octanol–water partition coefficient (Wildman–Crippen LogP) is 4.65. The van der Waals surface area contributed by atoms with E-state index in [0.29, 0.717) is 6.10 Å². The van der Waals surface area contributed by atoms with Crippen LogP contribution in [0.3, 0.4) is 0 Å². The van der Waals surface area contributed by atoms with Gasteiger partial charge in [-0.15, -0.1) is 0 Å². The van der Waals surface area contributed by atoms with Crippen LogP contribution in [-0.4, -0.2) is 23.8 Å². The molecular formula is C14H27BrO2. The molecule has 3 heteroatoms. The van der Waals surface area contributed by atoms with Gasteiger partial charge in [0.2, 0.25) is 0 Å². The summed E-state index contributed by atoms with van der Waals surface area (Å²) in [6.45, 7) is 4.42. The lowest BCUT2D eigenvalue weighted by Crippen LogP contribution is -2.37. The van der Waals surface area contributed by atoms with Gasteiger partial charge >= 0.3 is 0 Å². The second kappa shape index (κ2) is 7.75. The third-order valence-electron chi connectivity index (χ3n) is 3.59. The number of hydrogen-bond donors (Lipinski definition) is 0. The molecule has 0 unspecified atom stereocenters. The summed E-state index contributed by atoms with van der Waals surface area (Å²) >= 11 is 3.74. The highest BCUT2D eigenvalue weighted by Crippen LogP contribution is 2.36. The maximum absolute atomic E-state index is 6.09. The quantitative estimate of drug-likeness (QED) is 0.525. The predicted molar refractivity (Wildman–Crippen MR) is 75.6 cm³/mol. The minimum Gasteiger partial charge on any atom is -0.354 e. The van der Waals surface area contributed by atoms with Crippen LogP contribution in [0.1, 0.15) is 65.2 Å². The molecule has 0 amide bonds. The number of halogens is 1. The lowest BCUT2D eigenvalue weighted by atomic mass is 10.0. The molecule has 17 heavy (non-hydrogen) atoms. The summed E-state index contributed by atoms with van der Waals surface area (Å²) in [7, 11) is 1.74. The standard InChI is InChI=1S/C14H27BrO2/c1-4-5-6-7-9-12-10-8-11-14(2,15)13(16-3)17-12/h12-13H,4-11H2,1-3H3/t12-,13-,14-/m0/s1. The molecule has 1 aliphatic rings. The van der Waals surface area contributed by atoms with Gasteiger partial charge in [0.25, 0.3) is 0 Å². The van der Waals surface area contributed by atoms with E-state index in [1.54, 1.807) is 7.11 Å². The van der Waals surface area contributed by atoms with Crippen molar-refractivity contribution >= 4 is 15.9 Å². The molecule has 0 aromatic carbocycles. The van der Waals surface area contributed by atoms with Crippen LogP contribution in [0.15, 0.2) is 0 Å². The van der Waals surface area contributed by atoms with E-state index in [0.717, 1.165) is 6.42 Å². The molecular weight excluding hydrogens is 280 g/mol. The van der Waals surface area contributed by atoms with E-state index in [4.69, 9.17) is 9.47 Å². The fraction of sp³-hybridized carbons (Fsp3) is 1.00. The molecule has 0 N–H and O–H groups in total. The van der Waals surface area contributed by atoms with E-state index in [1.165, 1.54) is 44.9 Å². The van der Waals surface area contributed by atoms with Gasteiger partial charge in [-0.25, -0.2) is 0 Å². The van der Waals surface area contributed by atoms with E-state index in [1.807, 2.05) is 0 Å². The lowest BCUT2D eigenvalue weighted by Gasteiger charge is -2.30. The van der Waals surface area contributed by atoms with Crippen molar-refractivity contribution in [2.24, 2.45) is 0 Å². The van der Waals surface area contributed by atoms with Crippen molar-refractivity contribution in [1.82, 2.24) is 0 Å². The third kappa shape index (κ3) is 5.27. The van der Waals surface area contributed by atoms with Crippen molar-refractivity contribution in [1.29, 1.82) is 0 Å². The fourth-order valence-corrected chi connectivity index (χ4v) is 3.07. The van der Waals surface area contributed by atoms with Gasteiger partial charge < -0.3 is 9.47 Å². The van der Waals surface area contributed by atoms with Crippen molar-refractivity contribution in [2.75, 3.05) is 7.11 Å². The molecule has 1 fully saturated rings. The molecule has 1 rings (SSSR count). The van der Waals surface area contributed by atoms with Crippen LogP contribution in [0.4, 0.5) is 0 Å². The van der Waals surface area contributed by atoms with Crippen LogP contribution in [0.25, 0.3) is 0 Å². The Kier molecular flexibility index (Phi) is 7.05. The van der Waals surface area contributed by atoms with Crippen LogP contribution in [-0.2, 0) is 9.47 Å². The smallest absolute Gasteiger partial charge is 0.172 e. The summed E-state index contributed by atoms with van der Waals surface area (Å²) < 4.78 is 11.5. The molecule has 2 nitrogen and oxygen atoms in total. The maximum Gasteiger partial charge on any atom is 0.172 e. The van der Waals surface area contributed by atoms with Crippen molar-refractivity contribution in [3.05, 3.63) is 0 Å². The highest BCUT2D eigenvalue weighted by atomic mass is 79.9. The third-order valence-corrected chi connectivity index (χ3v) is 4.36. The Balaban J connectivity index is 2.36. The zero-order valence-corrected chi connectivity index (χ0v) is 13.1. The average molecular weight is 307 g/mol. The Morgan fingerprint density at radius 3 is 2.76 bits per heavy atom. The summed E-state index contributed by atoms with van der Waals surface area (Å²) in [5.41, 5.74) is 0. The molecule has 0 spiro atoms. The van der Waals surface area contributed by atoms with Crippen LogP contribution in [0.2, 0.25) is 0 Å². The molecule has 0 aliphatic carbocycles. The molecule has 1 heterocycles. The first-order chi connectivity index (χ1) is 8.10. The summed E-state index contributed by atoms with van der Waals surface area (Å²) in [4.78, 5) is 0. The second-order valence-electron chi connectivity index (χ2n) is 5.35. The van der Waals surface area contributed by atoms with E-state index in [2.05, 4.69) is 29.8 Å². The summed E-state index contributed by atoms with van der Waals surface area (Å²) in [5.74, 6) is 0. The number of alkyl halides is 1. The Morgan fingerprint density at radius 2 is 2.12 bits per heavy atom. The van der Waals surface area contributed by atoms with Crippen molar-refractivity contribution in [3.63, 3.8) is 0 Å². The van der Waals surface area contributed by atoms with E-state index in [9.17, 15) is 0 Å². The van der Waals surface area contributed by atoms with Crippen molar-refractivity contribution < 1.29 is 9.47 Å². The van der Waals surface area contributed by atoms with E-state index < -0.39 is 0 Å². The lowest BCUT2D eigenvalue weighted by molar-refractivity contribution is -0.164. The highest BCUT2D eigenvalue weighted by molar-refractivity contribution is 9.10. The van der Waals surface area contributed by atoms with Crippen LogP contribution in [0.5, 0.6) is 0 Å². The van der Waals surface area contributed by atoms with Gasteiger partial charge in [-0.1, -0.05) is 48.5 Å². The maximum atomic E-state index is 6.09. The number of hydrogen-bond acceptors (Lipinski definition) is 2. The number of rotatable bonds is 6. The zero-order valence-electron chi connectivity index (χ0n) is 11.5. The zero-order chi connectivity index (χ0) is 12.7. The first-order valence-corrected chi connectivity index (χ1v) is 7.76. The molecule has 0 bridgehead atoms. The van der Waals surface area contributed by atoms with Gasteiger partial charge in [-0.05, 0) is 32.6 Å². The minimum absolute atomic E-state index is 0.0279. The van der Waals surface area contributed by atoms with Gasteiger partial charge in [0.05, 0.1) is 10.4 Å². The van der Waals surface area contributed by atoms with Gasteiger partial charge in [0.15, 0.2) is 6.29 Å². The molecule has 0 radical (unpaired) electrons. The number of methoxy groups -OCH3 is 1. The summed E-state index contributed by atoms with van der Waals surface area (Å²) in [5, 5.41) is 0.